The zero-order chi connectivity index (χ0) is 21.4. The van der Waals surface area contributed by atoms with Crippen molar-refractivity contribution >= 4 is 45.0 Å². The van der Waals surface area contributed by atoms with Crippen LogP contribution in [-0.2, 0) is 14.3 Å². The summed E-state index contributed by atoms with van der Waals surface area (Å²) in [6, 6.07) is 18.2. The van der Waals surface area contributed by atoms with Crippen molar-refractivity contribution in [3.63, 3.8) is 0 Å². The van der Waals surface area contributed by atoms with E-state index in [9.17, 15) is 13.7 Å². The number of nitriles is 1. The van der Waals surface area contributed by atoms with Crippen LogP contribution >= 0.6 is 34.9 Å². The summed E-state index contributed by atoms with van der Waals surface area (Å²) in [6.07, 6.45) is 1.69. The smallest absolute Gasteiger partial charge is 0.264 e. The number of pyridine rings is 1. The standard InChI is InChI=1S/C21H20N2O3S4/c1-30(24,25)26-10-6-11-27-15-29-21-18(14-22)17(16-7-3-2-4-8-16)13-19(23-21)20-9-5-12-28-20/h2-5,7-9,12-13H,6,10-11,15H2,1H3. The second kappa shape index (κ2) is 11.0. The number of aromatic nitrogens is 1. The summed E-state index contributed by atoms with van der Waals surface area (Å²) in [7, 11) is -3.39. The van der Waals surface area contributed by atoms with E-state index in [1.807, 2.05) is 53.9 Å². The Balaban J connectivity index is 1.76. The predicted molar refractivity (Wildman–Crippen MR) is 126 cm³/mol. The minimum atomic E-state index is -3.39. The molecule has 0 radical (unpaired) electrons. The van der Waals surface area contributed by atoms with Gasteiger partial charge in [-0.25, -0.2) is 4.98 Å². The number of thiophene rings is 1. The lowest BCUT2D eigenvalue weighted by Gasteiger charge is -2.11. The second-order valence-electron chi connectivity index (χ2n) is 6.24. The van der Waals surface area contributed by atoms with Crippen molar-refractivity contribution in [2.45, 2.75) is 11.4 Å². The number of nitrogens with zero attached hydrogens (tertiary/aromatic N) is 2. The topological polar surface area (TPSA) is 80.1 Å². The number of thioether (sulfide) groups is 2. The molecule has 0 aliphatic carbocycles. The normalized spacial score (nSPS) is 11.3. The fourth-order valence-corrected chi connectivity index (χ4v) is 5.80. The van der Waals surface area contributed by atoms with E-state index in [1.54, 1.807) is 23.1 Å². The van der Waals surface area contributed by atoms with Gasteiger partial charge in [-0.05, 0) is 35.2 Å². The van der Waals surface area contributed by atoms with Gasteiger partial charge < -0.3 is 0 Å². The Bertz CT molecular complexity index is 1110. The molecular formula is C21H20N2O3S4. The van der Waals surface area contributed by atoms with Crippen molar-refractivity contribution in [3.8, 4) is 27.8 Å². The van der Waals surface area contributed by atoms with Crippen LogP contribution in [0.4, 0.5) is 0 Å². The molecule has 0 N–H and O–H groups in total. The first-order valence-corrected chi connectivity index (χ1v) is 13.9. The molecule has 156 valence electrons. The molecule has 0 aliphatic rings. The van der Waals surface area contributed by atoms with Crippen LogP contribution in [0, 0.1) is 11.3 Å². The van der Waals surface area contributed by atoms with E-state index >= 15 is 0 Å². The van der Waals surface area contributed by atoms with Gasteiger partial charge in [0.25, 0.3) is 10.1 Å². The lowest BCUT2D eigenvalue weighted by atomic mass is 10.0. The third-order valence-electron chi connectivity index (χ3n) is 3.97. The zero-order valence-electron chi connectivity index (χ0n) is 16.3. The SMILES string of the molecule is CS(=O)(=O)OCCCSCSc1nc(-c2cccs2)cc(-c2ccccc2)c1C#N. The van der Waals surface area contributed by atoms with Crippen LogP contribution in [0.1, 0.15) is 12.0 Å². The molecular weight excluding hydrogens is 457 g/mol. The van der Waals surface area contributed by atoms with E-state index in [-0.39, 0.29) is 6.61 Å². The molecule has 2 aromatic heterocycles. The van der Waals surface area contributed by atoms with Crippen LogP contribution in [0.2, 0.25) is 0 Å². The van der Waals surface area contributed by atoms with Crippen molar-refractivity contribution in [1.29, 1.82) is 5.26 Å². The molecule has 1 aromatic carbocycles. The summed E-state index contributed by atoms with van der Waals surface area (Å²) >= 11 is 4.81. The molecule has 0 saturated heterocycles. The highest BCUT2D eigenvalue weighted by molar-refractivity contribution is 8.16. The van der Waals surface area contributed by atoms with Crippen molar-refractivity contribution in [1.82, 2.24) is 4.98 Å². The van der Waals surface area contributed by atoms with E-state index in [4.69, 9.17) is 9.17 Å². The third kappa shape index (κ3) is 6.59. The van der Waals surface area contributed by atoms with Gasteiger partial charge in [0.2, 0.25) is 0 Å². The summed E-state index contributed by atoms with van der Waals surface area (Å²) < 4.78 is 26.7. The monoisotopic (exact) mass is 476 g/mol. The molecule has 5 nitrogen and oxygen atoms in total. The number of hydrogen-bond donors (Lipinski definition) is 0. The van der Waals surface area contributed by atoms with E-state index in [0.29, 0.717) is 22.1 Å². The third-order valence-corrected chi connectivity index (χ3v) is 7.74. The van der Waals surface area contributed by atoms with E-state index in [1.165, 1.54) is 11.8 Å². The van der Waals surface area contributed by atoms with Gasteiger partial charge in [0.1, 0.15) is 11.1 Å². The van der Waals surface area contributed by atoms with Crippen LogP contribution in [0.5, 0.6) is 0 Å². The van der Waals surface area contributed by atoms with Gasteiger partial charge in [0.05, 0.1) is 29.0 Å². The Hall–Kier alpha value is -1.83. The van der Waals surface area contributed by atoms with Crippen molar-refractivity contribution < 1.29 is 12.6 Å². The maximum Gasteiger partial charge on any atom is 0.264 e. The van der Waals surface area contributed by atoms with Crippen LogP contribution < -0.4 is 0 Å². The maximum atomic E-state index is 11.0. The molecule has 0 atom stereocenters. The lowest BCUT2D eigenvalue weighted by molar-refractivity contribution is 0.323. The molecule has 0 bridgehead atoms. The number of benzene rings is 1. The van der Waals surface area contributed by atoms with Crippen molar-refractivity contribution in [2.24, 2.45) is 0 Å². The highest BCUT2D eigenvalue weighted by Crippen LogP contribution is 2.36. The Morgan fingerprint density at radius 1 is 1.20 bits per heavy atom. The van der Waals surface area contributed by atoms with Gasteiger partial charge in [-0.1, -0.05) is 48.2 Å². The largest absolute Gasteiger partial charge is 0.270 e. The average Bonchev–Trinajstić information content (AvgIpc) is 3.27. The quantitative estimate of drug-likeness (QED) is 0.165. The van der Waals surface area contributed by atoms with Gasteiger partial charge in [-0.3, -0.25) is 4.18 Å². The Kier molecular flexibility index (Phi) is 8.36. The molecule has 0 amide bonds. The Labute approximate surface area is 189 Å². The fourth-order valence-electron chi connectivity index (χ4n) is 2.66. The van der Waals surface area contributed by atoms with Crippen molar-refractivity contribution in [3.05, 3.63) is 59.5 Å². The first kappa shape index (κ1) is 22.8. The number of hydrogen-bond acceptors (Lipinski definition) is 8. The minimum Gasteiger partial charge on any atom is -0.270 e. The molecule has 3 aromatic rings. The van der Waals surface area contributed by atoms with E-state index < -0.39 is 10.1 Å². The van der Waals surface area contributed by atoms with E-state index in [0.717, 1.165) is 33.7 Å². The average molecular weight is 477 g/mol. The molecule has 0 fully saturated rings. The number of rotatable bonds is 10. The molecule has 30 heavy (non-hydrogen) atoms. The summed E-state index contributed by atoms with van der Waals surface area (Å²) in [5, 5.41) is 13.3. The molecule has 2 heterocycles. The molecule has 0 spiro atoms. The molecule has 0 unspecified atom stereocenters. The maximum absolute atomic E-state index is 11.0. The van der Waals surface area contributed by atoms with Gasteiger partial charge in [0.15, 0.2) is 0 Å². The van der Waals surface area contributed by atoms with Crippen molar-refractivity contribution in [2.75, 3.05) is 23.7 Å². The predicted octanol–water partition coefficient (Wildman–Crippen LogP) is 5.50. The molecule has 0 saturated carbocycles. The first-order chi connectivity index (χ1) is 14.5. The minimum absolute atomic E-state index is 0.185. The highest BCUT2D eigenvalue weighted by Gasteiger charge is 2.16. The summed E-state index contributed by atoms with van der Waals surface area (Å²) in [6.45, 7) is 0.185. The summed E-state index contributed by atoms with van der Waals surface area (Å²) in [5.41, 5.74) is 3.30. The Morgan fingerprint density at radius 3 is 2.67 bits per heavy atom. The molecule has 3 rings (SSSR count). The Morgan fingerprint density at radius 2 is 2.00 bits per heavy atom. The fraction of sp³-hybridized carbons (Fsp3) is 0.238. The molecule has 0 aliphatic heterocycles. The van der Waals surface area contributed by atoms with Crippen LogP contribution in [0.15, 0.2) is 58.9 Å². The highest BCUT2D eigenvalue weighted by atomic mass is 32.2. The van der Waals surface area contributed by atoms with Gasteiger partial charge >= 0.3 is 0 Å². The summed E-state index contributed by atoms with van der Waals surface area (Å²) in [5.74, 6) is 0.764. The zero-order valence-corrected chi connectivity index (χ0v) is 19.5. The second-order valence-corrected chi connectivity index (χ2v) is 11.3. The molecule has 9 heteroatoms. The van der Waals surface area contributed by atoms with Gasteiger partial charge in [0, 0.05) is 10.6 Å². The lowest BCUT2D eigenvalue weighted by Crippen LogP contribution is -2.04. The van der Waals surface area contributed by atoms with Crippen LogP contribution in [0.3, 0.4) is 0 Å². The first-order valence-electron chi connectivity index (χ1n) is 9.07. The van der Waals surface area contributed by atoms with E-state index in [2.05, 4.69) is 6.07 Å². The van der Waals surface area contributed by atoms with Gasteiger partial charge in [-0.15, -0.1) is 11.3 Å². The van der Waals surface area contributed by atoms with Crippen LogP contribution in [-0.4, -0.2) is 37.1 Å². The van der Waals surface area contributed by atoms with Crippen LogP contribution in [0.25, 0.3) is 21.7 Å². The van der Waals surface area contributed by atoms with Gasteiger partial charge in [-0.2, -0.15) is 25.4 Å². The summed E-state index contributed by atoms with van der Waals surface area (Å²) in [4.78, 5) is 5.83.